The van der Waals surface area contributed by atoms with Gasteiger partial charge in [-0.1, -0.05) is 12.1 Å². The van der Waals surface area contributed by atoms with Gasteiger partial charge in [-0.15, -0.1) is 0 Å². The predicted octanol–water partition coefficient (Wildman–Crippen LogP) is 2.38. The molecule has 21 heavy (non-hydrogen) atoms. The van der Waals surface area contributed by atoms with Crippen LogP contribution in [0.2, 0.25) is 0 Å². The molecule has 1 aromatic carbocycles. The maximum absolute atomic E-state index is 12.2. The molecule has 1 saturated carbocycles. The number of nitrogens with one attached hydrogen (secondary N) is 1. The molecule has 1 N–H and O–H groups in total. The SMILES string of the molecule is Cc1cccc(OCCNc2nccn(C3CC3)c2=O)c1. The van der Waals surface area contributed by atoms with Gasteiger partial charge in [-0.3, -0.25) is 4.79 Å². The van der Waals surface area contributed by atoms with Crippen molar-refractivity contribution in [3.63, 3.8) is 0 Å². The monoisotopic (exact) mass is 285 g/mol. The second-order valence-electron chi connectivity index (χ2n) is 5.31. The molecule has 110 valence electrons. The van der Waals surface area contributed by atoms with Crippen LogP contribution < -0.4 is 15.6 Å². The summed E-state index contributed by atoms with van der Waals surface area (Å²) in [6.45, 7) is 3.06. The van der Waals surface area contributed by atoms with Gasteiger partial charge in [0.05, 0.1) is 6.54 Å². The zero-order valence-electron chi connectivity index (χ0n) is 12.1. The smallest absolute Gasteiger partial charge is 0.293 e. The lowest BCUT2D eigenvalue weighted by Gasteiger charge is -2.09. The number of benzene rings is 1. The minimum atomic E-state index is -0.0458. The number of aromatic nitrogens is 2. The van der Waals surface area contributed by atoms with Gasteiger partial charge >= 0.3 is 0 Å². The average molecular weight is 285 g/mol. The van der Waals surface area contributed by atoms with Crippen molar-refractivity contribution in [1.82, 2.24) is 9.55 Å². The Morgan fingerprint density at radius 3 is 3.05 bits per heavy atom. The van der Waals surface area contributed by atoms with Crippen LogP contribution in [-0.4, -0.2) is 22.7 Å². The molecule has 1 aliphatic rings. The molecule has 3 rings (SSSR count). The summed E-state index contributed by atoms with van der Waals surface area (Å²) in [4.78, 5) is 16.3. The van der Waals surface area contributed by atoms with Crippen molar-refractivity contribution in [2.24, 2.45) is 0 Å². The zero-order valence-corrected chi connectivity index (χ0v) is 12.1. The molecule has 5 nitrogen and oxygen atoms in total. The number of hydrogen-bond donors (Lipinski definition) is 1. The number of rotatable bonds is 6. The molecule has 1 heterocycles. The summed E-state index contributed by atoms with van der Waals surface area (Å²) in [7, 11) is 0. The van der Waals surface area contributed by atoms with Gasteiger partial charge in [-0.2, -0.15) is 0 Å². The molecular weight excluding hydrogens is 266 g/mol. The first kappa shape index (κ1) is 13.7. The first-order valence-electron chi connectivity index (χ1n) is 7.24. The second-order valence-corrected chi connectivity index (χ2v) is 5.31. The van der Waals surface area contributed by atoms with E-state index < -0.39 is 0 Å². The quantitative estimate of drug-likeness (QED) is 0.828. The van der Waals surface area contributed by atoms with Gasteiger partial charge in [0.15, 0.2) is 5.82 Å². The highest BCUT2D eigenvalue weighted by molar-refractivity contribution is 5.31. The van der Waals surface area contributed by atoms with E-state index in [-0.39, 0.29) is 5.56 Å². The molecule has 0 atom stereocenters. The van der Waals surface area contributed by atoms with E-state index in [2.05, 4.69) is 10.3 Å². The lowest BCUT2D eigenvalue weighted by molar-refractivity contribution is 0.332. The van der Waals surface area contributed by atoms with Crippen molar-refractivity contribution in [2.75, 3.05) is 18.5 Å². The third-order valence-corrected chi connectivity index (χ3v) is 3.46. The largest absolute Gasteiger partial charge is 0.492 e. The fourth-order valence-electron chi connectivity index (χ4n) is 2.23. The van der Waals surface area contributed by atoms with E-state index in [9.17, 15) is 4.79 Å². The topological polar surface area (TPSA) is 56.1 Å². The van der Waals surface area contributed by atoms with Crippen molar-refractivity contribution in [1.29, 1.82) is 0 Å². The summed E-state index contributed by atoms with van der Waals surface area (Å²) >= 11 is 0. The molecule has 2 aromatic rings. The Morgan fingerprint density at radius 1 is 1.43 bits per heavy atom. The highest BCUT2D eigenvalue weighted by atomic mass is 16.5. The van der Waals surface area contributed by atoms with Crippen LogP contribution in [0, 0.1) is 6.92 Å². The third-order valence-electron chi connectivity index (χ3n) is 3.46. The van der Waals surface area contributed by atoms with Crippen molar-refractivity contribution in [2.45, 2.75) is 25.8 Å². The number of aryl methyl sites for hydroxylation is 1. The van der Waals surface area contributed by atoms with Crippen molar-refractivity contribution in [3.05, 3.63) is 52.6 Å². The Kier molecular flexibility index (Phi) is 3.90. The third kappa shape index (κ3) is 3.42. The summed E-state index contributed by atoms with van der Waals surface area (Å²) in [5, 5.41) is 3.05. The molecule has 0 bridgehead atoms. The van der Waals surface area contributed by atoms with E-state index in [1.807, 2.05) is 31.2 Å². The maximum Gasteiger partial charge on any atom is 0.293 e. The van der Waals surface area contributed by atoms with Crippen LogP contribution in [0.1, 0.15) is 24.4 Å². The standard InChI is InChI=1S/C16H19N3O2/c1-12-3-2-4-14(11-12)21-10-8-18-15-16(20)19(9-7-17-15)13-5-6-13/h2-4,7,9,11,13H,5-6,8,10H2,1H3,(H,17,18). The number of hydrogen-bond acceptors (Lipinski definition) is 4. The van der Waals surface area contributed by atoms with E-state index >= 15 is 0 Å². The van der Waals surface area contributed by atoms with Gasteiger partial charge in [0, 0.05) is 18.4 Å². The minimum Gasteiger partial charge on any atom is -0.492 e. The van der Waals surface area contributed by atoms with E-state index in [1.165, 1.54) is 0 Å². The second kappa shape index (κ2) is 5.99. The Balaban J connectivity index is 1.54. The van der Waals surface area contributed by atoms with Crippen LogP contribution in [0.4, 0.5) is 5.82 Å². The van der Waals surface area contributed by atoms with Crippen LogP contribution in [0.5, 0.6) is 5.75 Å². The Morgan fingerprint density at radius 2 is 2.29 bits per heavy atom. The summed E-state index contributed by atoms with van der Waals surface area (Å²) in [5.74, 6) is 1.24. The van der Waals surface area contributed by atoms with Gasteiger partial charge in [0.25, 0.3) is 5.56 Å². The Labute approximate surface area is 123 Å². The summed E-state index contributed by atoms with van der Waals surface area (Å²) in [6, 6.07) is 8.27. The van der Waals surface area contributed by atoms with Gasteiger partial charge in [-0.05, 0) is 37.5 Å². The average Bonchev–Trinajstić information content (AvgIpc) is 3.30. The molecule has 0 aliphatic heterocycles. The number of ether oxygens (including phenoxy) is 1. The van der Waals surface area contributed by atoms with E-state index in [0.29, 0.717) is 25.0 Å². The lowest BCUT2D eigenvalue weighted by atomic mass is 10.2. The van der Waals surface area contributed by atoms with Crippen molar-refractivity contribution < 1.29 is 4.74 Å². The van der Waals surface area contributed by atoms with E-state index in [1.54, 1.807) is 17.0 Å². The number of anilines is 1. The molecular formula is C16H19N3O2. The Hall–Kier alpha value is -2.30. The number of nitrogens with zero attached hydrogens (tertiary/aromatic N) is 2. The molecule has 0 saturated heterocycles. The van der Waals surface area contributed by atoms with Crippen LogP contribution in [-0.2, 0) is 0 Å². The molecule has 1 aliphatic carbocycles. The van der Waals surface area contributed by atoms with Gasteiger partial charge < -0.3 is 14.6 Å². The first-order chi connectivity index (χ1) is 10.2. The Bertz CT molecular complexity index is 677. The minimum absolute atomic E-state index is 0.0458. The molecule has 1 aromatic heterocycles. The maximum atomic E-state index is 12.2. The predicted molar refractivity (Wildman–Crippen MR) is 81.9 cm³/mol. The highest BCUT2D eigenvalue weighted by Crippen LogP contribution is 2.33. The lowest BCUT2D eigenvalue weighted by Crippen LogP contribution is -2.25. The fourth-order valence-corrected chi connectivity index (χ4v) is 2.23. The molecule has 1 fully saturated rings. The summed E-state index contributed by atoms with van der Waals surface area (Å²) in [6.07, 6.45) is 5.59. The van der Waals surface area contributed by atoms with Crippen LogP contribution in [0.15, 0.2) is 41.5 Å². The normalized spacial score (nSPS) is 14.0. The zero-order chi connectivity index (χ0) is 14.7. The van der Waals surface area contributed by atoms with Gasteiger partial charge in [0.1, 0.15) is 12.4 Å². The van der Waals surface area contributed by atoms with Gasteiger partial charge in [-0.25, -0.2) is 4.98 Å². The van der Waals surface area contributed by atoms with Crippen LogP contribution in [0.3, 0.4) is 0 Å². The van der Waals surface area contributed by atoms with E-state index in [0.717, 1.165) is 24.2 Å². The van der Waals surface area contributed by atoms with Crippen molar-refractivity contribution >= 4 is 5.82 Å². The fraction of sp³-hybridized carbons (Fsp3) is 0.375. The molecule has 0 unspecified atom stereocenters. The summed E-state index contributed by atoms with van der Waals surface area (Å²) < 4.78 is 7.40. The molecule has 0 spiro atoms. The highest BCUT2D eigenvalue weighted by Gasteiger charge is 2.25. The van der Waals surface area contributed by atoms with Crippen molar-refractivity contribution in [3.8, 4) is 5.75 Å². The van der Waals surface area contributed by atoms with Gasteiger partial charge in [0.2, 0.25) is 0 Å². The first-order valence-corrected chi connectivity index (χ1v) is 7.24. The van der Waals surface area contributed by atoms with Crippen LogP contribution >= 0.6 is 0 Å². The summed E-state index contributed by atoms with van der Waals surface area (Å²) in [5.41, 5.74) is 1.12. The molecule has 5 heteroatoms. The molecule has 0 amide bonds. The van der Waals surface area contributed by atoms with E-state index in [4.69, 9.17) is 4.74 Å². The van der Waals surface area contributed by atoms with Crippen LogP contribution in [0.25, 0.3) is 0 Å². The molecule has 0 radical (unpaired) electrons.